The quantitative estimate of drug-likeness (QED) is 0.0520. The molecule has 1 amide bonds. The second kappa shape index (κ2) is 42.9. The highest BCUT2D eigenvalue weighted by Crippen LogP contribution is 2.21. The first-order valence-corrected chi connectivity index (χ1v) is 26.3. The average molecular weight is 855 g/mol. The number of carbonyl (C=O) groups is 3. The van der Waals surface area contributed by atoms with E-state index in [2.05, 4.69) is 37.9 Å². The van der Waals surface area contributed by atoms with Crippen molar-refractivity contribution < 1.29 is 23.9 Å². The smallest absolute Gasteiger partial charge is 0.306 e. The molecule has 0 spiro atoms. The third kappa shape index (κ3) is 35.7. The van der Waals surface area contributed by atoms with E-state index >= 15 is 0 Å². The predicted octanol–water partition coefficient (Wildman–Crippen LogP) is 15.1. The van der Waals surface area contributed by atoms with E-state index in [1.54, 1.807) is 0 Å². The number of ether oxygens (including phenoxy) is 2. The van der Waals surface area contributed by atoms with Crippen molar-refractivity contribution in [2.75, 3.05) is 32.8 Å². The van der Waals surface area contributed by atoms with E-state index in [9.17, 15) is 14.4 Å². The van der Waals surface area contributed by atoms with Crippen LogP contribution in [0.15, 0.2) is 30.3 Å². The summed E-state index contributed by atoms with van der Waals surface area (Å²) in [6.45, 7) is 13.4. The number of esters is 2. The number of nitrogens with zero attached hydrogens (tertiary/aromatic N) is 1. The monoisotopic (exact) mass is 855 g/mol. The number of amides is 1. The zero-order chi connectivity index (χ0) is 44.3. The Hall–Kier alpha value is -2.41. The molecule has 1 aromatic carbocycles. The Kier molecular flexibility index (Phi) is 39.8. The summed E-state index contributed by atoms with van der Waals surface area (Å²) in [6.07, 6.45) is 38.9. The summed E-state index contributed by atoms with van der Waals surface area (Å²) < 4.78 is 11.7. The van der Waals surface area contributed by atoms with Gasteiger partial charge in [-0.15, -0.1) is 0 Å². The van der Waals surface area contributed by atoms with Gasteiger partial charge in [0.2, 0.25) is 0 Å². The van der Waals surface area contributed by atoms with Gasteiger partial charge in [-0.1, -0.05) is 187 Å². The third-order valence-electron chi connectivity index (χ3n) is 12.5. The molecular weight excluding hydrogens is 757 g/mol. The van der Waals surface area contributed by atoms with Crippen LogP contribution in [0.3, 0.4) is 0 Å². The van der Waals surface area contributed by atoms with Crippen LogP contribution in [0.1, 0.15) is 256 Å². The number of hydrogen-bond donors (Lipinski definition) is 1. The molecular formula is C54H98N2O5. The first-order chi connectivity index (χ1) is 29.9. The highest BCUT2D eigenvalue weighted by atomic mass is 16.5. The van der Waals surface area contributed by atoms with Crippen LogP contribution in [0.25, 0.3) is 0 Å². The number of rotatable bonds is 45. The first kappa shape index (κ1) is 56.6. The summed E-state index contributed by atoms with van der Waals surface area (Å²) in [6, 6.07) is 9.45. The number of carbonyl (C=O) groups excluding carboxylic acids is 3. The van der Waals surface area contributed by atoms with Crippen LogP contribution in [0, 0.1) is 5.92 Å². The molecule has 0 aliphatic rings. The van der Waals surface area contributed by atoms with Crippen molar-refractivity contribution in [2.45, 2.75) is 252 Å². The molecule has 0 bridgehead atoms. The van der Waals surface area contributed by atoms with E-state index in [1.165, 1.54) is 128 Å². The standard InChI is InChI=1S/C54H98N2O5/c1-5-9-13-15-19-28-39-51(40-29-20-16-14-10-6-2)61-53(58)42-31-22-18-24-33-46-56(47-34-44-55-54(59)50-37-26-25-27-38-50)45-32-23-17-21-30-41-52(57)60-48-43-49(35-11-7-3)36-12-8-4/h25-27,37-38,49,51H,5-24,28-36,39-48H2,1-4H3,(H,55,59). The third-order valence-corrected chi connectivity index (χ3v) is 12.5. The Morgan fingerprint density at radius 3 is 1.49 bits per heavy atom. The van der Waals surface area contributed by atoms with E-state index in [0.717, 1.165) is 96.7 Å². The van der Waals surface area contributed by atoms with E-state index in [0.29, 0.717) is 37.5 Å². The second-order valence-electron chi connectivity index (χ2n) is 18.2. The number of hydrogen-bond acceptors (Lipinski definition) is 6. The highest BCUT2D eigenvalue weighted by molar-refractivity contribution is 5.94. The van der Waals surface area contributed by atoms with Gasteiger partial charge < -0.3 is 19.7 Å². The van der Waals surface area contributed by atoms with Crippen LogP contribution in [-0.4, -0.2) is 61.6 Å². The average Bonchev–Trinajstić information content (AvgIpc) is 3.27. The van der Waals surface area contributed by atoms with Gasteiger partial charge in [0.15, 0.2) is 0 Å². The molecule has 0 radical (unpaired) electrons. The summed E-state index contributed by atoms with van der Waals surface area (Å²) in [4.78, 5) is 40.4. The Labute approximate surface area is 377 Å². The Balaban J connectivity index is 2.39. The molecule has 0 aromatic heterocycles. The Morgan fingerprint density at radius 2 is 0.951 bits per heavy atom. The SMILES string of the molecule is CCCCCCCCC(CCCCCCCC)OC(=O)CCCCCCCN(CCCCCCCC(=O)OCCC(CCCC)CCCC)CCCNC(=O)c1ccccc1. The fourth-order valence-corrected chi connectivity index (χ4v) is 8.44. The number of unbranched alkanes of at least 4 members (excludes halogenated alkanes) is 20. The van der Waals surface area contributed by atoms with Crippen molar-refractivity contribution in [1.82, 2.24) is 10.2 Å². The van der Waals surface area contributed by atoms with Gasteiger partial charge in [0.25, 0.3) is 5.91 Å². The van der Waals surface area contributed by atoms with Crippen molar-refractivity contribution in [3.8, 4) is 0 Å². The lowest BCUT2D eigenvalue weighted by molar-refractivity contribution is -0.150. The molecule has 0 aliphatic heterocycles. The minimum atomic E-state index is -0.0264. The van der Waals surface area contributed by atoms with E-state index in [1.807, 2.05) is 30.3 Å². The van der Waals surface area contributed by atoms with Gasteiger partial charge in [-0.25, -0.2) is 0 Å². The van der Waals surface area contributed by atoms with Crippen molar-refractivity contribution in [3.05, 3.63) is 35.9 Å². The lowest BCUT2D eigenvalue weighted by atomic mass is 9.93. The van der Waals surface area contributed by atoms with Gasteiger partial charge in [0, 0.05) is 24.9 Å². The summed E-state index contributed by atoms with van der Waals surface area (Å²) in [7, 11) is 0. The molecule has 61 heavy (non-hydrogen) atoms. The first-order valence-electron chi connectivity index (χ1n) is 26.3. The minimum Gasteiger partial charge on any atom is -0.466 e. The molecule has 0 saturated heterocycles. The van der Waals surface area contributed by atoms with Gasteiger partial charge in [-0.05, 0) is 102 Å². The van der Waals surface area contributed by atoms with Crippen LogP contribution in [-0.2, 0) is 19.1 Å². The van der Waals surface area contributed by atoms with E-state index in [-0.39, 0.29) is 23.9 Å². The van der Waals surface area contributed by atoms with Gasteiger partial charge in [-0.3, -0.25) is 14.4 Å². The van der Waals surface area contributed by atoms with Crippen molar-refractivity contribution >= 4 is 17.8 Å². The zero-order valence-corrected chi connectivity index (χ0v) is 40.6. The van der Waals surface area contributed by atoms with Crippen molar-refractivity contribution in [3.63, 3.8) is 0 Å². The Morgan fingerprint density at radius 1 is 0.492 bits per heavy atom. The van der Waals surface area contributed by atoms with E-state index in [4.69, 9.17) is 9.47 Å². The number of nitrogens with one attached hydrogen (secondary N) is 1. The molecule has 7 heteroatoms. The van der Waals surface area contributed by atoms with Crippen LogP contribution in [0.5, 0.6) is 0 Å². The maximum absolute atomic E-state index is 12.9. The van der Waals surface area contributed by atoms with Gasteiger partial charge in [-0.2, -0.15) is 0 Å². The maximum atomic E-state index is 12.9. The lowest BCUT2D eigenvalue weighted by Crippen LogP contribution is -2.31. The summed E-state index contributed by atoms with van der Waals surface area (Å²) in [5, 5.41) is 3.10. The number of benzene rings is 1. The summed E-state index contributed by atoms with van der Waals surface area (Å²) >= 11 is 0. The summed E-state index contributed by atoms with van der Waals surface area (Å²) in [5.74, 6) is 0.673. The molecule has 0 heterocycles. The normalized spacial score (nSPS) is 11.5. The molecule has 0 saturated carbocycles. The Bertz CT molecular complexity index is 1110. The maximum Gasteiger partial charge on any atom is 0.306 e. The molecule has 1 rings (SSSR count). The molecule has 1 aromatic rings. The van der Waals surface area contributed by atoms with Crippen molar-refractivity contribution in [2.24, 2.45) is 5.92 Å². The zero-order valence-electron chi connectivity index (χ0n) is 40.6. The molecule has 1 N–H and O–H groups in total. The topological polar surface area (TPSA) is 84.9 Å². The highest BCUT2D eigenvalue weighted by Gasteiger charge is 2.15. The lowest BCUT2D eigenvalue weighted by Gasteiger charge is -2.22. The van der Waals surface area contributed by atoms with E-state index < -0.39 is 0 Å². The largest absolute Gasteiger partial charge is 0.466 e. The molecule has 7 nitrogen and oxygen atoms in total. The van der Waals surface area contributed by atoms with Crippen LogP contribution < -0.4 is 5.32 Å². The van der Waals surface area contributed by atoms with Crippen LogP contribution in [0.2, 0.25) is 0 Å². The second-order valence-corrected chi connectivity index (χ2v) is 18.2. The molecule has 0 atom stereocenters. The minimum absolute atomic E-state index is 0.00538. The molecule has 0 aliphatic carbocycles. The van der Waals surface area contributed by atoms with Crippen LogP contribution in [0.4, 0.5) is 0 Å². The van der Waals surface area contributed by atoms with Gasteiger partial charge in [0.05, 0.1) is 6.61 Å². The fourth-order valence-electron chi connectivity index (χ4n) is 8.44. The molecule has 354 valence electrons. The summed E-state index contributed by atoms with van der Waals surface area (Å²) in [5.41, 5.74) is 0.709. The van der Waals surface area contributed by atoms with Gasteiger partial charge >= 0.3 is 11.9 Å². The predicted molar refractivity (Wildman–Crippen MR) is 259 cm³/mol. The molecule has 0 unspecified atom stereocenters. The fraction of sp³-hybridized carbons (Fsp3) is 0.833. The van der Waals surface area contributed by atoms with Gasteiger partial charge in [0.1, 0.15) is 6.10 Å². The molecule has 0 fully saturated rings. The van der Waals surface area contributed by atoms with Crippen LogP contribution >= 0.6 is 0 Å². The van der Waals surface area contributed by atoms with Crippen molar-refractivity contribution in [1.29, 1.82) is 0 Å².